The third kappa shape index (κ3) is 4.93. The first-order chi connectivity index (χ1) is 15.2. The molecule has 32 heavy (non-hydrogen) atoms. The van der Waals surface area contributed by atoms with Gasteiger partial charge in [-0.3, -0.25) is 14.6 Å². The van der Waals surface area contributed by atoms with Crippen molar-refractivity contribution in [2.24, 2.45) is 5.41 Å². The highest BCUT2D eigenvalue weighted by Crippen LogP contribution is 2.40. The molecule has 3 heterocycles. The Kier molecular flexibility index (Phi) is 6.47. The van der Waals surface area contributed by atoms with Gasteiger partial charge in [0.1, 0.15) is 10.8 Å². The molecule has 4 rings (SSSR count). The normalized spacial score (nSPS) is 14.8. The quantitative estimate of drug-likeness (QED) is 0.387. The van der Waals surface area contributed by atoms with Crippen molar-refractivity contribution in [2.75, 3.05) is 11.9 Å². The fourth-order valence-corrected chi connectivity index (χ4v) is 5.17. The zero-order chi connectivity index (χ0) is 22.9. The van der Waals surface area contributed by atoms with E-state index in [0.717, 1.165) is 9.13 Å². The number of nitrogens with one attached hydrogen (secondary N) is 3. The van der Waals surface area contributed by atoms with Gasteiger partial charge in [-0.05, 0) is 69.8 Å². The van der Waals surface area contributed by atoms with Gasteiger partial charge in [0.05, 0.1) is 16.1 Å². The minimum Gasteiger partial charge on any atom is -0.351 e. The molecule has 0 saturated heterocycles. The summed E-state index contributed by atoms with van der Waals surface area (Å²) in [6.45, 7) is 4.90. The first kappa shape index (κ1) is 22.7. The number of aromatic nitrogens is 1. The van der Waals surface area contributed by atoms with Crippen molar-refractivity contribution in [2.45, 2.75) is 26.8 Å². The number of nitrogens with zero attached hydrogens (tertiary/aromatic N) is 1. The molecule has 0 atom stereocenters. The van der Waals surface area contributed by atoms with Crippen molar-refractivity contribution in [3.8, 4) is 0 Å². The van der Waals surface area contributed by atoms with Crippen LogP contribution in [0, 0.1) is 14.8 Å². The molecule has 0 unspecified atom stereocenters. The smallest absolute Gasteiger partial charge is 0.261 e. The maximum absolute atomic E-state index is 14.5. The summed E-state index contributed by atoms with van der Waals surface area (Å²) in [6.07, 6.45) is 3.90. The van der Waals surface area contributed by atoms with Crippen LogP contribution in [0.4, 0.5) is 15.1 Å². The summed E-state index contributed by atoms with van der Waals surface area (Å²) in [5.74, 6) is -0.953. The number of carbonyl (C=O) groups is 2. The van der Waals surface area contributed by atoms with E-state index >= 15 is 0 Å². The molecule has 6 nitrogen and oxygen atoms in total. The number of fused-ring (bicyclic) bond motifs is 1. The van der Waals surface area contributed by atoms with Crippen LogP contribution < -0.4 is 16.0 Å². The highest BCUT2D eigenvalue weighted by atomic mass is 127. The number of thiophene rings is 1. The Morgan fingerprint density at radius 1 is 1.34 bits per heavy atom. The lowest BCUT2D eigenvalue weighted by Crippen LogP contribution is -2.31. The molecule has 2 aromatic heterocycles. The molecule has 0 aliphatic carbocycles. The van der Waals surface area contributed by atoms with E-state index in [1.807, 2.05) is 42.5 Å². The van der Waals surface area contributed by atoms with Crippen molar-refractivity contribution in [1.82, 2.24) is 15.6 Å². The molecule has 0 radical (unpaired) electrons. The van der Waals surface area contributed by atoms with Crippen LogP contribution in [0.3, 0.4) is 0 Å². The van der Waals surface area contributed by atoms with E-state index in [1.165, 1.54) is 17.4 Å². The molecular weight excluding hydrogens is 542 g/mol. The van der Waals surface area contributed by atoms with Gasteiger partial charge in [0.25, 0.3) is 11.8 Å². The average molecular weight is 564 g/mol. The Bertz CT molecular complexity index is 1180. The average Bonchev–Trinajstić information content (AvgIpc) is 3.05. The number of anilines is 2. The first-order valence-electron chi connectivity index (χ1n) is 10.1. The molecule has 9 heteroatoms. The molecule has 2 amide bonds. The SMILES string of the molecule is CC1(C)CNC(=O)c2sc(Nc3ccc(I)cc3F)c(C(=O)NCc3cccnc3)c2C1. The van der Waals surface area contributed by atoms with Gasteiger partial charge >= 0.3 is 0 Å². The fourth-order valence-electron chi connectivity index (χ4n) is 3.57. The number of amides is 2. The van der Waals surface area contributed by atoms with Gasteiger partial charge in [0, 0.05) is 29.1 Å². The van der Waals surface area contributed by atoms with Crippen molar-refractivity contribution >= 4 is 56.4 Å². The Morgan fingerprint density at radius 3 is 2.88 bits per heavy atom. The molecule has 0 fully saturated rings. The number of benzene rings is 1. The standard InChI is InChI=1S/C23H22FIN4O2S/c1-23(2)9-15-18(20(30)27-11-13-4-3-7-26-10-13)22(32-19(15)21(31)28-12-23)29-17-6-5-14(25)8-16(17)24/h3-8,10,29H,9,11-12H2,1-2H3,(H,27,30)(H,28,31). The molecule has 3 N–H and O–H groups in total. The minimum atomic E-state index is -0.424. The van der Waals surface area contributed by atoms with E-state index in [4.69, 9.17) is 0 Å². The van der Waals surface area contributed by atoms with Gasteiger partial charge in [0.15, 0.2) is 0 Å². The zero-order valence-electron chi connectivity index (χ0n) is 17.6. The molecule has 0 bridgehead atoms. The number of hydrogen-bond acceptors (Lipinski definition) is 5. The van der Waals surface area contributed by atoms with E-state index in [-0.39, 0.29) is 22.9 Å². The Morgan fingerprint density at radius 2 is 2.16 bits per heavy atom. The maximum atomic E-state index is 14.5. The van der Waals surface area contributed by atoms with Gasteiger partial charge in [-0.15, -0.1) is 11.3 Å². The largest absolute Gasteiger partial charge is 0.351 e. The lowest BCUT2D eigenvalue weighted by molar-refractivity contribution is 0.0944. The van der Waals surface area contributed by atoms with E-state index < -0.39 is 5.82 Å². The van der Waals surface area contributed by atoms with E-state index in [0.29, 0.717) is 40.5 Å². The molecule has 166 valence electrons. The van der Waals surface area contributed by atoms with Crippen LogP contribution in [0.1, 0.15) is 45.0 Å². The van der Waals surface area contributed by atoms with Crippen LogP contribution in [0.15, 0.2) is 42.7 Å². The van der Waals surface area contributed by atoms with Crippen LogP contribution in [0.5, 0.6) is 0 Å². The van der Waals surface area contributed by atoms with Gasteiger partial charge in [-0.2, -0.15) is 0 Å². The number of carbonyl (C=O) groups excluding carboxylic acids is 2. The Labute approximate surface area is 203 Å². The lowest BCUT2D eigenvalue weighted by atomic mass is 9.85. The number of halogens is 2. The van der Waals surface area contributed by atoms with E-state index in [1.54, 1.807) is 30.6 Å². The van der Waals surface area contributed by atoms with Crippen molar-refractivity contribution in [1.29, 1.82) is 0 Å². The van der Waals surface area contributed by atoms with Gasteiger partial charge in [-0.25, -0.2) is 4.39 Å². The summed E-state index contributed by atoms with van der Waals surface area (Å²) >= 11 is 3.22. The number of rotatable bonds is 5. The number of pyridine rings is 1. The van der Waals surface area contributed by atoms with Crippen LogP contribution in [0.25, 0.3) is 0 Å². The third-order valence-corrected chi connectivity index (χ3v) is 7.00. The molecule has 0 spiro atoms. The predicted molar refractivity (Wildman–Crippen MR) is 132 cm³/mol. The maximum Gasteiger partial charge on any atom is 0.261 e. The molecule has 1 aromatic carbocycles. The summed E-state index contributed by atoms with van der Waals surface area (Å²) in [4.78, 5) is 30.7. The zero-order valence-corrected chi connectivity index (χ0v) is 20.6. The molecule has 1 aliphatic heterocycles. The molecule has 0 saturated carbocycles. The third-order valence-electron chi connectivity index (χ3n) is 5.18. The monoisotopic (exact) mass is 564 g/mol. The summed E-state index contributed by atoms with van der Waals surface area (Å²) in [7, 11) is 0. The van der Waals surface area contributed by atoms with Crippen LogP contribution in [0.2, 0.25) is 0 Å². The molecular formula is C23H22FIN4O2S. The van der Waals surface area contributed by atoms with Crippen molar-refractivity contribution in [3.05, 3.63) is 73.7 Å². The van der Waals surface area contributed by atoms with Gasteiger partial charge in [-0.1, -0.05) is 19.9 Å². The Hall–Kier alpha value is -2.53. The van der Waals surface area contributed by atoms with Crippen LogP contribution in [-0.4, -0.2) is 23.3 Å². The van der Waals surface area contributed by atoms with Gasteiger partial charge < -0.3 is 16.0 Å². The van der Waals surface area contributed by atoms with Crippen molar-refractivity contribution in [3.63, 3.8) is 0 Å². The highest BCUT2D eigenvalue weighted by Gasteiger charge is 2.34. The highest BCUT2D eigenvalue weighted by molar-refractivity contribution is 14.1. The number of hydrogen-bond donors (Lipinski definition) is 3. The van der Waals surface area contributed by atoms with Crippen LogP contribution in [-0.2, 0) is 13.0 Å². The Balaban J connectivity index is 1.74. The fraction of sp³-hybridized carbons (Fsp3) is 0.261. The predicted octanol–water partition coefficient (Wildman–Crippen LogP) is 4.87. The second-order valence-electron chi connectivity index (χ2n) is 8.43. The van der Waals surface area contributed by atoms with E-state index in [9.17, 15) is 14.0 Å². The second-order valence-corrected chi connectivity index (χ2v) is 10.7. The second kappa shape index (κ2) is 9.14. The lowest BCUT2D eigenvalue weighted by Gasteiger charge is -2.22. The summed E-state index contributed by atoms with van der Waals surface area (Å²) in [5, 5.41) is 9.37. The summed E-state index contributed by atoms with van der Waals surface area (Å²) < 4.78 is 15.3. The minimum absolute atomic E-state index is 0.215. The molecule has 1 aliphatic rings. The first-order valence-corrected chi connectivity index (χ1v) is 12.0. The van der Waals surface area contributed by atoms with Crippen molar-refractivity contribution < 1.29 is 14.0 Å². The van der Waals surface area contributed by atoms with Gasteiger partial charge in [0.2, 0.25) is 0 Å². The summed E-state index contributed by atoms with van der Waals surface area (Å²) in [5.41, 5.74) is 1.96. The topological polar surface area (TPSA) is 83.1 Å². The van der Waals surface area contributed by atoms with Crippen LogP contribution >= 0.6 is 33.9 Å². The van der Waals surface area contributed by atoms with E-state index in [2.05, 4.69) is 20.9 Å². The molecule has 3 aromatic rings. The summed E-state index contributed by atoms with van der Waals surface area (Å²) in [6, 6.07) is 8.50.